The SMILES string of the molecule is CCOC(=O)CC=Cc1ccc2nccc(Cl)c2c1. The van der Waals surface area contributed by atoms with Gasteiger partial charge in [-0.2, -0.15) is 0 Å². The molecule has 1 aromatic heterocycles. The first-order chi connectivity index (χ1) is 9.20. The number of ether oxygens (including phenoxy) is 1. The molecule has 4 heteroatoms. The number of fused-ring (bicyclic) bond motifs is 1. The summed E-state index contributed by atoms with van der Waals surface area (Å²) in [5.41, 5.74) is 1.83. The molecule has 0 aliphatic rings. The number of hydrogen-bond acceptors (Lipinski definition) is 3. The highest BCUT2D eigenvalue weighted by atomic mass is 35.5. The van der Waals surface area contributed by atoms with Crippen molar-refractivity contribution in [2.45, 2.75) is 13.3 Å². The third-order valence-corrected chi connectivity index (χ3v) is 2.94. The zero-order chi connectivity index (χ0) is 13.7. The Hall–Kier alpha value is -1.87. The number of benzene rings is 1. The second kappa shape index (κ2) is 6.34. The van der Waals surface area contributed by atoms with Crippen LogP contribution in [0.15, 0.2) is 36.5 Å². The largest absolute Gasteiger partial charge is 0.466 e. The number of hydrogen-bond donors (Lipinski definition) is 0. The van der Waals surface area contributed by atoms with Crippen LogP contribution in [0.5, 0.6) is 0 Å². The predicted molar refractivity (Wildman–Crippen MR) is 77.0 cm³/mol. The molecule has 0 fully saturated rings. The van der Waals surface area contributed by atoms with Gasteiger partial charge in [0.25, 0.3) is 0 Å². The number of carbonyl (C=O) groups excluding carboxylic acids is 1. The minimum Gasteiger partial charge on any atom is -0.466 e. The maximum atomic E-state index is 11.2. The summed E-state index contributed by atoms with van der Waals surface area (Å²) < 4.78 is 4.85. The Morgan fingerprint density at radius 1 is 1.42 bits per heavy atom. The Bertz CT molecular complexity index is 623. The van der Waals surface area contributed by atoms with Gasteiger partial charge in [0.2, 0.25) is 0 Å². The highest BCUT2D eigenvalue weighted by Gasteiger charge is 2.00. The fourth-order valence-corrected chi connectivity index (χ4v) is 1.95. The van der Waals surface area contributed by atoms with Crippen molar-refractivity contribution in [1.29, 1.82) is 0 Å². The van der Waals surface area contributed by atoms with Crippen molar-refractivity contribution in [3.05, 3.63) is 47.1 Å². The molecule has 0 atom stereocenters. The minimum atomic E-state index is -0.223. The summed E-state index contributed by atoms with van der Waals surface area (Å²) in [6.07, 6.45) is 5.61. The molecule has 1 aromatic carbocycles. The van der Waals surface area contributed by atoms with Gasteiger partial charge >= 0.3 is 5.97 Å². The predicted octanol–water partition coefficient (Wildman–Crippen LogP) is 3.85. The monoisotopic (exact) mass is 275 g/mol. The first kappa shape index (κ1) is 13.6. The molecule has 0 aliphatic heterocycles. The molecule has 0 N–H and O–H groups in total. The topological polar surface area (TPSA) is 39.2 Å². The van der Waals surface area contributed by atoms with E-state index in [0.29, 0.717) is 11.6 Å². The summed E-state index contributed by atoms with van der Waals surface area (Å²) in [6.45, 7) is 2.20. The van der Waals surface area contributed by atoms with Crippen LogP contribution in [-0.2, 0) is 9.53 Å². The van der Waals surface area contributed by atoms with E-state index in [4.69, 9.17) is 16.3 Å². The summed E-state index contributed by atoms with van der Waals surface area (Å²) in [5, 5.41) is 1.58. The van der Waals surface area contributed by atoms with Crippen molar-refractivity contribution in [3.63, 3.8) is 0 Å². The van der Waals surface area contributed by atoms with E-state index in [0.717, 1.165) is 16.5 Å². The molecule has 0 radical (unpaired) electrons. The molecule has 19 heavy (non-hydrogen) atoms. The van der Waals surface area contributed by atoms with Crippen LogP contribution in [0.2, 0.25) is 5.02 Å². The van der Waals surface area contributed by atoms with Crippen molar-refractivity contribution >= 4 is 34.5 Å². The Labute approximate surface area is 116 Å². The zero-order valence-electron chi connectivity index (χ0n) is 10.6. The fourth-order valence-electron chi connectivity index (χ4n) is 1.75. The normalized spacial score (nSPS) is 11.1. The van der Waals surface area contributed by atoms with E-state index in [1.165, 1.54) is 0 Å². The first-order valence-corrected chi connectivity index (χ1v) is 6.45. The Balaban J connectivity index is 2.15. The van der Waals surface area contributed by atoms with Gasteiger partial charge < -0.3 is 4.74 Å². The van der Waals surface area contributed by atoms with E-state index >= 15 is 0 Å². The average Bonchev–Trinajstić information content (AvgIpc) is 2.40. The number of rotatable bonds is 4. The van der Waals surface area contributed by atoms with Gasteiger partial charge in [0, 0.05) is 11.6 Å². The lowest BCUT2D eigenvalue weighted by atomic mass is 10.1. The van der Waals surface area contributed by atoms with Crippen molar-refractivity contribution in [1.82, 2.24) is 4.98 Å². The van der Waals surface area contributed by atoms with Crippen LogP contribution >= 0.6 is 11.6 Å². The zero-order valence-corrected chi connectivity index (χ0v) is 11.4. The molecule has 1 heterocycles. The molecular weight excluding hydrogens is 262 g/mol. The lowest BCUT2D eigenvalue weighted by Crippen LogP contribution is -2.01. The lowest BCUT2D eigenvalue weighted by molar-refractivity contribution is -0.142. The van der Waals surface area contributed by atoms with Gasteiger partial charge in [0.1, 0.15) is 0 Å². The van der Waals surface area contributed by atoms with Crippen LogP contribution in [0.25, 0.3) is 17.0 Å². The second-order valence-electron chi connectivity index (χ2n) is 3.98. The molecule has 3 nitrogen and oxygen atoms in total. The van der Waals surface area contributed by atoms with Crippen LogP contribution in [-0.4, -0.2) is 17.6 Å². The van der Waals surface area contributed by atoms with E-state index in [1.54, 1.807) is 25.3 Å². The van der Waals surface area contributed by atoms with Crippen molar-refractivity contribution < 1.29 is 9.53 Å². The van der Waals surface area contributed by atoms with Gasteiger partial charge in [-0.1, -0.05) is 29.8 Å². The Kier molecular flexibility index (Phi) is 4.53. The van der Waals surface area contributed by atoms with Crippen LogP contribution in [0.1, 0.15) is 18.9 Å². The van der Waals surface area contributed by atoms with E-state index in [-0.39, 0.29) is 12.4 Å². The highest BCUT2D eigenvalue weighted by molar-refractivity contribution is 6.35. The molecule has 0 bridgehead atoms. The summed E-state index contributed by atoms with van der Waals surface area (Å²) >= 11 is 6.12. The molecule has 2 aromatic rings. The third kappa shape index (κ3) is 3.55. The van der Waals surface area contributed by atoms with Crippen LogP contribution in [0, 0.1) is 0 Å². The Morgan fingerprint density at radius 3 is 3.05 bits per heavy atom. The average molecular weight is 276 g/mol. The van der Waals surface area contributed by atoms with Gasteiger partial charge in [-0.05, 0) is 30.7 Å². The molecule has 0 aliphatic carbocycles. The smallest absolute Gasteiger partial charge is 0.309 e. The van der Waals surface area contributed by atoms with Gasteiger partial charge in [0.05, 0.1) is 23.6 Å². The summed E-state index contributed by atoms with van der Waals surface area (Å²) in [6, 6.07) is 7.56. The van der Waals surface area contributed by atoms with Crippen LogP contribution in [0.4, 0.5) is 0 Å². The molecular formula is C15H14ClNO2. The second-order valence-corrected chi connectivity index (χ2v) is 4.39. The van der Waals surface area contributed by atoms with Gasteiger partial charge in [-0.25, -0.2) is 0 Å². The van der Waals surface area contributed by atoms with E-state index in [9.17, 15) is 4.79 Å². The van der Waals surface area contributed by atoms with Crippen molar-refractivity contribution in [2.75, 3.05) is 6.61 Å². The number of halogens is 1. The summed E-state index contributed by atoms with van der Waals surface area (Å²) in [5.74, 6) is -0.223. The maximum Gasteiger partial charge on any atom is 0.309 e. The van der Waals surface area contributed by atoms with Crippen LogP contribution < -0.4 is 0 Å². The highest BCUT2D eigenvalue weighted by Crippen LogP contribution is 2.23. The summed E-state index contributed by atoms with van der Waals surface area (Å²) in [4.78, 5) is 15.4. The van der Waals surface area contributed by atoms with Gasteiger partial charge in [0.15, 0.2) is 0 Å². The van der Waals surface area contributed by atoms with E-state index in [1.807, 2.05) is 24.3 Å². The first-order valence-electron chi connectivity index (χ1n) is 6.07. The van der Waals surface area contributed by atoms with E-state index < -0.39 is 0 Å². The number of pyridine rings is 1. The molecule has 0 unspecified atom stereocenters. The number of esters is 1. The maximum absolute atomic E-state index is 11.2. The fraction of sp³-hybridized carbons (Fsp3) is 0.200. The van der Waals surface area contributed by atoms with Crippen molar-refractivity contribution in [3.8, 4) is 0 Å². The third-order valence-electron chi connectivity index (χ3n) is 2.61. The van der Waals surface area contributed by atoms with Gasteiger partial charge in [-0.15, -0.1) is 0 Å². The standard InChI is InChI=1S/C15H14ClNO2/c1-2-19-15(18)5-3-4-11-6-7-14-12(10-11)13(16)8-9-17-14/h3-4,6-10H,2,5H2,1H3. The lowest BCUT2D eigenvalue weighted by Gasteiger charge is -2.01. The Morgan fingerprint density at radius 2 is 2.26 bits per heavy atom. The molecule has 98 valence electrons. The van der Waals surface area contributed by atoms with Gasteiger partial charge in [-0.3, -0.25) is 9.78 Å². The van der Waals surface area contributed by atoms with Crippen molar-refractivity contribution in [2.24, 2.45) is 0 Å². The molecule has 0 saturated heterocycles. The molecule has 0 saturated carbocycles. The number of carbonyl (C=O) groups is 1. The quantitative estimate of drug-likeness (QED) is 0.796. The van der Waals surface area contributed by atoms with Crippen LogP contribution in [0.3, 0.4) is 0 Å². The van der Waals surface area contributed by atoms with E-state index in [2.05, 4.69) is 4.98 Å². The molecule has 2 rings (SSSR count). The summed E-state index contributed by atoms with van der Waals surface area (Å²) in [7, 11) is 0. The number of nitrogens with zero attached hydrogens (tertiary/aromatic N) is 1. The number of aromatic nitrogens is 1. The molecule has 0 amide bonds. The molecule has 0 spiro atoms. The minimum absolute atomic E-state index is 0.223.